The SMILES string of the molecule is Cc1[nH]ncc1CCCNC(=O)OCC(F)(F)F. The largest absolute Gasteiger partial charge is 0.440 e. The van der Waals surface area contributed by atoms with Crippen molar-refractivity contribution in [3.05, 3.63) is 17.5 Å². The van der Waals surface area contributed by atoms with E-state index >= 15 is 0 Å². The first-order chi connectivity index (χ1) is 8.38. The summed E-state index contributed by atoms with van der Waals surface area (Å²) in [4.78, 5) is 10.9. The van der Waals surface area contributed by atoms with Crippen LogP contribution in [0.25, 0.3) is 0 Å². The summed E-state index contributed by atoms with van der Waals surface area (Å²) in [6, 6.07) is 0. The van der Waals surface area contributed by atoms with Gasteiger partial charge in [0.05, 0.1) is 6.20 Å². The molecule has 0 fully saturated rings. The molecule has 1 amide bonds. The molecule has 0 atom stereocenters. The van der Waals surface area contributed by atoms with Gasteiger partial charge in [-0.2, -0.15) is 18.3 Å². The summed E-state index contributed by atoms with van der Waals surface area (Å²) in [7, 11) is 0. The highest BCUT2D eigenvalue weighted by molar-refractivity contribution is 5.67. The Labute approximate surface area is 102 Å². The van der Waals surface area contributed by atoms with Gasteiger partial charge in [-0.3, -0.25) is 5.10 Å². The first kappa shape index (κ1) is 14.3. The van der Waals surface area contributed by atoms with Crippen LogP contribution < -0.4 is 5.32 Å². The Morgan fingerprint density at radius 1 is 1.56 bits per heavy atom. The fraction of sp³-hybridized carbons (Fsp3) is 0.600. The number of ether oxygens (including phenoxy) is 1. The summed E-state index contributed by atoms with van der Waals surface area (Å²) in [6.07, 6.45) is -2.59. The summed E-state index contributed by atoms with van der Waals surface area (Å²) in [6.45, 7) is 0.550. The lowest BCUT2D eigenvalue weighted by atomic mass is 10.1. The first-order valence-electron chi connectivity index (χ1n) is 5.35. The van der Waals surface area contributed by atoms with E-state index in [1.165, 1.54) is 0 Å². The fourth-order valence-electron chi connectivity index (χ4n) is 1.30. The van der Waals surface area contributed by atoms with Gasteiger partial charge < -0.3 is 10.1 Å². The Bertz CT molecular complexity index is 390. The highest BCUT2D eigenvalue weighted by Gasteiger charge is 2.29. The summed E-state index contributed by atoms with van der Waals surface area (Å²) in [5.74, 6) is 0. The molecule has 8 heteroatoms. The van der Waals surface area contributed by atoms with Crippen LogP contribution in [0.4, 0.5) is 18.0 Å². The quantitative estimate of drug-likeness (QED) is 0.799. The number of aromatic amines is 1. The predicted molar refractivity (Wildman–Crippen MR) is 57.1 cm³/mol. The molecule has 0 unspecified atom stereocenters. The van der Waals surface area contributed by atoms with E-state index in [2.05, 4.69) is 20.3 Å². The zero-order chi connectivity index (χ0) is 13.6. The van der Waals surface area contributed by atoms with Gasteiger partial charge in [-0.05, 0) is 25.3 Å². The van der Waals surface area contributed by atoms with Gasteiger partial charge in [-0.15, -0.1) is 0 Å². The summed E-state index contributed by atoms with van der Waals surface area (Å²) in [5, 5.41) is 8.84. The normalized spacial score (nSPS) is 11.3. The van der Waals surface area contributed by atoms with Gasteiger partial charge in [0, 0.05) is 12.2 Å². The van der Waals surface area contributed by atoms with E-state index in [4.69, 9.17) is 0 Å². The summed E-state index contributed by atoms with van der Waals surface area (Å²) in [5.41, 5.74) is 1.95. The van der Waals surface area contributed by atoms with E-state index < -0.39 is 18.9 Å². The smallest absolute Gasteiger partial charge is 0.422 e. The molecule has 1 rings (SSSR count). The number of rotatable bonds is 5. The van der Waals surface area contributed by atoms with Crippen LogP contribution in [0, 0.1) is 6.92 Å². The molecule has 0 radical (unpaired) electrons. The molecule has 2 N–H and O–H groups in total. The van der Waals surface area contributed by atoms with Crippen LogP contribution in [0.1, 0.15) is 17.7 Å². The van der Waals surface area contributed by atoms with E-state index in [1.54, 1.807) is 6.20 Å². The second kappa shape index (κ2) is 6.27. The average molecular weight is 265 g/mol. The van der Waals surface area contributed by atoms with Gasteiger partial charge in [0.25, 0.3) is 0 Å². The van der Waals surface area contributed by atoms with E-state index in [9.17, 15) is 18.0 Å². The van der Waals surface area contributed by atoms with Crippen LogP contribution in [-0.4, -0.2) is 35.6 Å². The molecule has 0 aliphatic heterocycles. The summed E-state index contributed by atoms with van der Waals surface area (Å²) >= 11 is 0. The van der Waals surface area contributed by atoms with Crippen molar-refractivity contribution in [1.29, 1.82) is 0 Å². The minimum Gasteiger partial charge on any atom is -0.440 e. The molecule has 1 aromatic heterocycles. The van der Waals surface area contributed by atoms with Gasteiger partial charge in [0.15, 0.2) is 6.61 Å². The topological polar surface area (TPSA) is 67.0 Å². The molecule has 1 heterocycles. The Kier molecular flexibility index (Phi) is 4.99. The van der Waals surface area contributed by atoms with Crippen LogP contribution in [0.15, 0.2) is 6.20 Å². The van der Waals surface area contributed by atoms with Gasteiger partial charge in [0.1, 0.15) is 0 Å². The Morgan fingerprint density at radius 2 is 2.28 bits per heavy atom. The number of H-pyrrole nitrogens is 1. The molecular weight excluding hydrogens is 251 g/mol. The maximum absolute atomic E-state index is 11.7. The third-order valence-corrected chi connectivity index (χ3v) is 2.19. The maximum atomic E-state index is 11.7. The number of amides is 1. The van der Waals surface area contributed by atoms with Crippen molar-refractivity contribution in [3.8, 4) is 0 Å². The maximum Gasteiger partial charge on any atom is 0.422 e. The molecular formula is C10H14F3N3O2. The van der Waals surface area contributed by atoms with E-state index in [1.807, 2.05) is 6.92 Å². The molecule has 0 aromatic carbocycles. The third kappa shape index (κ3) is 5.55. The van der Waals surface area contributed by atoms with Crippen LogP contribution in [0.2, 0.25) is 0 Å². The first-order valence-corrected chi connectivity index (χ1v) is 5.35. The van der Waals surface area contributed by atoms with Crippen LogP contribution in [-0.2, 0) is 11.2 Å². The monoisotopic (exact) mass is 265 g/mol. The van der Waals surface area contributed by atoms with Crippen LogP contribution in [0.3, 0.4) is 0 Å². The van der Waals surface area contributed by atoms with Crippen molar-refractivity contribution >= 4 is 6.09 Å². The second-order valence-electron chi connectivity index (χ2n) is 3.74. The molecule has 0 aliphatic carbocycles. The highest BCUT2D eigenvalue weighted by atomic mass is 19.4. The van der Waals surface area contributed by atoms with Crippen molar-refractivity contribution in [1.82, 2.24) is 15.5 Å². The van der Waals surface area contributed by atoms with Gasteiger partial charge >= 0.3 is 12.3 Å². The zero-order valence-corrected chi connectivity index (χ0v) is 9.80. The molecule has 1 aromatic rings. The van der Waals surface area contributed by atoms with Crippen LogP contribution in [0.5, 0.6) is 0 Å². The van der Waals surface area contributed by atoms with Gasteiger partial charge in [-0.1, -0.05) is 0 Å². The zero-order valence-electron chi connectivity index (χ0n) is 9.80. The van der Waals surface area contributed by atoms with Crippen molar-refractivity contribution in [2.75, 3.05) is 13.2 Å². The van der Waals surface area contributed by atoms with Gasteiger partial charge in [0.2, 0.25) is 0 Å². The molecule has 102 valence electrons. The molecule has 0 saturated heterocycles. The van der Waals surface area contributed by atoms with Crippen LogP contribution >= 0.6 is 0 Å². The van der Waals surface area contributed by atoms with E-state index in [-0.39, 0.29) is 6.54 Å². The van der Waals surface area contributed by atoms with Crippen molar-refractivity contribution in [3.63, 3.8) is 0 Å². The lowest BCUT2D eigenvalue weighted by Crippen LogP contribution is -2.29. The Balaban J connectivity index is 2.11. The number of hydrogen-bond acceptors (Lipinski definition) is 3. The van der Waals surface area contributed by atoms with Crippen molar-refractivity contribution in [2.45, 2.75) is 25.9 Å². The number of halogens is 3. The number of alkyl halides is 3. The number of aryl methyl sites for hydroxylation is 2. The minimum absolute atomic E-state index is 0.251. The molecule has 0 saturated carbocycles. The Hall–Kier alpha value is -1.73. The van der Waals surface area contributed by atoms with Crippen molar-refractivity contribution in [2.24, 2.45) is 0 Å². The number of nitrogens with one attached hydrogen (secondary N) is 2. The number of carbonyl (C=O) groups excluding carboxylic acids is 1. The number of nitrogens with zero attached hydrogens (tertiary/aromatic N) is 1. The lowest BCUT2D eigenvalue weighted by Gasteiger charge is -2.08. The third-order valence-electron chi connectivity index (χ3n) is 2.19. The predicted octanol–water partition coefficient (Wildman–Crippen LogP) is 1.94. The van der Waals surface area contributed by atoms with Crippen molar-refractivity contribution < 1.29 is 22.7 Å². The molecule has 0 spiro atoms. The number of hydrogen-bond donors (Lipinski definition) is 2. The molecule has 18 heavy (non-hydrogen) atoms. The molecule has 5 nitrogen and oxygen atoms in total. The number of aromatic nitrogens is 2. The standard InChI is InChI=1S/C10H14F3N3O2/c1-7-8(5-15-16-7)3-2-4-14-9(17)18-6-10(11,12)13/h5H,2-4,6H2,1H3,(H,14,17)(H,15,16). The summed E-state index contributed by atoms with van der Waals surface area (Å²) < 4.78 is 39.1. The number of alkyl carbamates (subject to hydrolysis) is 1. The minimum atomic E-state index is -4.49. The second-order valence-corrected chi connectivity index (χ2v) is 3.74. The Morgan fingerprint density at radius 3 is 2.83 bits per heavy atom. The highest BCUT2D eigenvalue weighted by Crippen LogP contribution is 2.14. The molecule has 0 aliphatic rings. The number of carbonyl (C=O) groups is 1. The molecule has 0 bridgehead atoms. The van der Waals surface area contributed by atoms with Gasteiger partial charge in [-0.25, -0.2) is 4.79 Å². The van der Waals surface area contributed by atoms with E-state index in [0.29, 0.717) is 12.8 Å². The lowest BCUT2D eigenvalue weighted by molar-refractivity contribution is -0.160. The fourth-order valence-corrected chi connectivity index (χ4v) is 1.30. The average Bonchev–Trinajstić information content (AvgIpc) is 2.67. The van der Waals surface area contributed by atoms with E-state index in [0.717, 1.165) is 11.3 Å².